The second kappa shape index (κ2) is 6.17. The minimum absolute atomic E-state index is 0.0851. The molecule has 0 bridgehead atoms. The summed E-state index contributed by atoms with van der Waals surface area (Å²) in [6.45, 7) is 0.432. The molecule has 2 rings (SSSR count). The van der Waals surface area contributed by atoms with Crippen LogP contribution < -0.4 is 11.1 Å². The maximum atomic E-state index is 13.7. The highest BCUT2D eigenvalue weighted by molar-refractivity contribution is 5.95. The van der Waals surface area contributed by atoms with Gasteiger partial charge in [0.25, 0.3) is 5.91 Å². The molecule has 1 amide bonds. The van der Waals surface area contributed by atoms with Gasteiger partial charge in [-0.3, -0.25) is 4.79 Å². The van der Waals surface area contributed by atoms with Gasteiger partial charge >= 0.3 is 0 Å². The maximum absolute atomic E-state index is 13.7. The molecule has 4 nitrogen and oxygen atoms in total. The topological polar surface area (TPSA) is 75.4 Å². The maximum Gasteiger partial charge on any atom is 0.254 e. The van der Waals surface area contributed by atoms with Crippen molar-refractivity contribution < 1.29 is 18.7 Å². The third-order valence-corrected chi connectivity index (χ3v) is 3.89. The molecule has 2 unspecified atom stereocenters. The Morgan fingerprint density at radius 1 is 1.35 bits per heavy atom. The van der Waals surface area contributed by atoms with Crippen LogP contribution in [0.4, 0.5) is 14.5 Å². The number of nitrogen functional groups attached to an aromatic ring is 1. The van der Waals surface area contributed by atoms with Crippen LogP contribution in [0.1, 0.15) is 29.6 Å². The summed E-state index contributed by atoms with van der Waals surface area (Å²) in [5, 5.41) is 11.8. The molecular formula is C14H18F2N2O2. The van der Waals surface area contributed by atoms with Crippen molar-refractivity contribution in [3.05, 3.63) is 29.3 Å². The van der Waals surface area contributed by atoms with Crippen molar-refractivity contribution in [2.45, 2.75) is 19.3 Å². The van der Waals surface area contributed by atoms with E-state index < -0.39 is 17.5 Å². The van der Waals surface area contributed by atoms with Gasteiger partial charge in [0.2, 0.25) is 0 Å². The molecule has 1 aromatic carbocycles. The summed E-state index contributed by atoms with van der Waals surface area (Å²) in [6, 6.07) is 1.67. The standard InChI is InChI=1S/C14H18F2N2O2/c15-10-4-11(13(16)12(17)5-10)14(20)18-6-8-2-1-3-9(8)7-19/h4-5,8-9,19H,1-3,6-7,17H2,(H,18,20). The minimum Gasteiger partial charge on any atom is -0.396 e. The van der Waals surface area contributed by atoms with E-state index in [-0.39, 0.29) is 29.7 Å². The lowest BCUT2D eigenvalue weighted by molar-refractivity contribution is 0.0933. The van der Waals surface area contributed by atoms with Crippen LogP contribution in [-0.2, 0) is 0 Å². The van der Waals surface area contributed by atoms with Gasteiger partial charge in [0.15, 0.2) is 5.82 Å². The average Bonchev–Trinajstić information content (AvgIpc) is 2.87. The molecule has 4 N–H and O–H groups in total. The van der Waals surface area contributed by atoms with Crippen LogP contribution in [0.25, 0.3) is 0 Å². The van der Waals surface area contributed by atoms with Crippen LogP contribution in [0, 0.1) is 23.5 Å². The first-order valence-corrected chi connectivity index (χ1v) is 6.66. The molecular weight excluding hydrogens is 266 g/mol. The number of carbonyl (C=O) groups excluding carboxylic acids is 1. The van der Waals surface area contributed by atoms with E-state index in [2.05, 4.69) is 5.32 Å². The fraction of sp³-hybridized carbons (Fsp3) is 0.500. The lowest BCUT2D eigenvalue weighted by atomic mass is 9.97. The Kier molecular flexibility index (Phi) is 4.54. The van der Waals surface area contributed by atoms with Crippen LogP contribution in [-0.4, -0.2) is 24.2 Å². The van der Waals surface area contributed by atoms with Gasteiger partial charge in [0, 0.05) is 13.2 Å². The summed E-state index contributed by atoms with van der Waals surface area (Å²) in [4.78, 5) is 11.9. The first kappa shape index (κ1) is 14.7. The van der Waals surface area contributed by atoms with E-state index in [9.17, 15) is 18.7 Å². The van der Waals surface area contributed by atoms with Crippen molar-refractivity contribution in [1.82, 2.24) is 5.32 Å². The van der Waals surface area contributed by atoms with Crippen LogP contribution in [0.15, 0.2) is 12.1 Å². The number of nitrogens with one attached hydrogen (secondary N) is 1. The van der Waals surface area contributed by atoms with E-state index in [0.29, 0.717) is 6.54 Å². The smallest absolute Gasteiger partial charge is 0.254 e. The molecule has 20 heavy (non-hydrogen) atoms. The van der Waals surface area contributed by atoms with Gasteiger partial charge in [-0.15, -0.1) is 0 Å². The molecule has 1 saturated carbocycles. The van der Waals surface area contributed by atoms with Crippen molar-refractivity contribution in [2.24, 2.45) is 11.8 Å². The lowest BCUT2D eigenvalue weighted by Gasteiger charge is -2.18. The number of rotatable bonds is 4. The van der Waals surface area contributed by atoms with Gasteiger partial charge in [-0.1, -0.05) is 6.42 Å². The summed E-state index contributed by atoms with van der Waals surface area (Å²) in [5.74, 6) is -2.00. The van der Waals surface area contributed by atoms with Crippen molar-refractivity contribution in [3.8, 4) is 0 Å². The lowest BCUT2D eigenvalue weighted by Crippen LogP contribution is -2.32. The predicted molar refractivity (Wildman–Crippen MR) is 71.0 cm³/mol. The number of aliphatic hydroxyl groups is 1. The van der Waals surface area contributed by atoms with E-state index in [1.165, 1.54) is 0 Å². The molecule has 1 aromatic rings. The van der Waals surface area contributed by atoms with Crippen LogP contribution in [0.2, 0.25) is 0 Å². The zero-order valence-corrected chi connectivity index (χ0v) is 11.0. The number of anilines is 1. The Labute approximate surface area is 116 Å². The number of hydrogen-bond donors (Lipinski definition) is 3. The van der Waals surface area contributed by atoms with Gasteiger partial charge in [-0.2, -0.15) is 0 Å². The molecule has 0 saturated heterocycles. The second-order valence-electron chi connectivity index (χ2n) is 5.20. The van der Waals surface area contributed by atoms with Gasteiger partial charge in [0.05, 0.1) is 11.3 Å². The van der Waals surface area contributed by atoms with E-state index in [1.54, 1.807) is 0 Å². The summed E-state index contributed by atoms with van der Waals surface area (Å²) < 4.78 is 26.8. The highest BCUT2D eigenvalue weighted by atomic mass is 19.1. The first-order valence-electron chi connectivity index (χ1n) is 6.66. The number of amides is 1. The van der Waals surface area contributed by atoms with E-state index in [0.717, 1.165) is 31.4 Å². The molecule has 1 aliphatic rings. The third-order valence-electron chi connectivity index (χ3n) is 3.89. The minimum atomic E-state index is -0.908. The zero-order valence-electron chi connectivity index (χ0n) is 11.0. The van der Waals surface area contributed by atoms with Crippen LogP contribution >= 0.6 is 0 Å². The van der Waals surface area contributed by atoms with Crippen LogP contribution in [0.3, 0.4) is 0 Å². The van der Waals surface area contributed by atoms with Crippen molar-refractivity contribution in [1.29, 1.82) is 0 Å². The van der Waals surface area contributed by atoms with Gasteiger partial charge in [-0.25, -0.2) is 8.78 Å². The molecule has 110 valence electrons. The molecule has 1 aliphatic carbocycles. The molecule has 0 aliphatic heterocycles. The third kappa shape index (κ3) is 3.07. The molecule has 1 fully saturated rings. The van der Waals surface area contributed by atoms with E-state index in [4.69, 9.17) is 5.73 Å². The molecule has 6 heteroatoms. The molecule has 0 aromatic heterocycles. The number of carbonyl (C=O) groups is 1. The van der Waals surface area contributed by atoms with Gasteiger partial charge < -0.3 is 16.2 Å². The Morgan fingerprint density at radius 3 is 2.75 bits per heavy atom. The van der Waals surface area contributed by atoms with Crippen LogP contribution in [0.5, 0.6) is 0 Å². The number of halogens is 2. The van der Waals surface area contributed by atoms with Crippen molar-refractivity contribution in [2.75, 3.05) is 18.9 Å². The fourth-order valence-corrected chi connectivity index (χ4v) is 2.72. The van der Waals surface area contributed by atoms with Crippen molar-refractivity contribution >= 4 is 11.6 Å². The monoisotopic (exact) mass is 284 g/mol. The number of hydrogen-bond acceptors (Lipinski definition) is 3. The SMILES string of the molecule is Nc1cc(F)cc(C(=O)NCC2CCCC2CO)c1F. The summed E-state index contributed by atoms with van der Waals surface area (Å²) in [5.41, 5.74) is 4.52. The zero-order chi connectivity index (χ0) is 14.7. The average molecular weight is 284 g/mol. The van der Waals surface area contributed by atoms with Gasteiger partial charge in [0.1, 0.15) is 5.82 Å². The first-order chi connectivity index (χ1) is 9.52. The fourth-order valence-electron chi connectivity index (χ4n) is 2.72. The van der Waals surface area contributed by atoms with E-state index >= 15 is 0 Å². The number of aliphatic hydroxyl groups excluding tert-OH is 1. The molecule has 2 atom stereocenters. The quantitative estimate of drug-likeness (QED) is 0.736. The number of nitrogens with two attached hydrogens (primary N) is 1. The Bertz CT molecular complexity index is 508. The Balaban J connectivity index is 2.02. The summed E-state index contributed by atoms with van der Waals surface area (Å²) in [6.07, 6.45) is 2.85. The summed E-state index contributed by atoms with van der Waals surface area (Å²) >= 11 is 0. The Morgan fingerprint density at radius 2 is 2.05 bits per heavy atom. The van der Waals surface area contributed by atoms with Crippen molar-refractivity contribution in [3.63, 3.8) is 0 Å². The van der Waals surface area contributed by atoms with Gasteiger partial charge in [-0.05, 0) is 36.8 Å². The predicted octanol–water partition coefficient (Wildman–Crippen LogP) is 1.69. The number of benzene rings is 1. The highest BCUT2D eigenvalue weighted by Crippen LogP contribution is 2.30. The summed E-state index contributed by atoms with van der Waals surface area (Å²) in [7, 11) is 0. The normalized spacial score (nSPS) is 21.9. The second-order valence-corrected chi connectivity index (χ2v) is 5.20. The molecule has 0 radical (unpaired) electrons. The molecule has 0 heterocycles. The Hall–Kier alpha value is -1.69. The van der Waals surface area contributed by atoms with E-state index in [1.807, 2.05) is 0 Å². The largest absolute Gasteiger partial charge is 0.396 e. The molecule has 0 spiro atoms. The highest BCUT2D eigenvalue weighted by Gasteiger charge is 2.27.